The van der Waals surface area contributed by atoms with Crippen LogP contribution in [-0.4, -0.2) is 0 Å². The standard InChI is InChI=1S/C36H22/c1-3-9-25-19-27(17-15-23(25)7-1)33-21-29-11-6-14-32-34(22-30-12-5-13-31(33)35(30)36(29)32)28-18-16-24-8-2-4-10-26(24)20-28/h1-22H. The smallest absolute Gasteiger partial charge is 0.00201 e. The molecule has 0 bridgehead atoms. The van der Waals surface area contributed by atoms with Gasteiger partial charge in [-0.15, -0.1) is 0 Å². The molecule has 0 aliphatic rings. The van der Waals surface area contributed by atoms with Gasteiger partial charge in [-0.25, -0.2) is 0 Å². The van der Waals surface area contributed by atoms with E-state index in [2.05, 4.69) is 133 Å². The van der Waals surface area contributed by atoms with Gasteiger partial charge >= 0.3 is 0 Å². The first-order chi connectivity index (χ1) is 17.8. The lowest BCUT2D eigenvalue weighted by Crippen LogP contribution is -1.91. The molecule has 0 radical (unpaired) electrons. The van der Waals surface area contributed by atoms with Gasteiger partial charge in [-0.05, 0) is 100 Å². The van der Waals surface area contributed by atoms with Crippen molar-refractivity contribution in [2.24, 2.45) is 0 Å². The van der Waals surface area contributed by atoms with Crippen LogP contribution in [0.4, 0.5) is 0 Å². The second-order valence-electron chi connectivity index (χ2n) is 9.78. The highest BCUT2D eigenvalue weighted by Crippen LogP contribution is 2.44. The molecule has 8 aromatic carbocycles. The molecule has 8 rings (SSSR count). The fourth-order valence-corrected chi connectivity index (χ4v) is 6.05. The Labute approximate surface area is 209 Å². The van der Waals surface area contributed by atoms with Crippen molar-refractivity contribution in [2.45, 2.75) is 0 Å². The Kier molecular flexibility index (Phi) is 4.03. The number of rotatable bonds is 2. The maximum atomic E-state index is 2.39. The Balaban J connectivity index is 1.45. The van der Waals surface area contributed by atoms with Crippen molar-refractivity contribution in [1.29, 1.82) is 0 Å². The van der Waals surface area contributed by atoms with E-state index in [1.165, 1.54) is 76.1 Å². The third-order valence-corrected chi connectivity index (χ3v) is 7.74. The van der Waals surface area contributed by atoms with Gasteiger partial charge in [0, 0.05) is 0 Å². The van der Waals surface area contributed by atoms with Crippen LogP contribution in [0.25, 0.3) is 76.1 Å². The lowest BCUT2D eigenvalue weighted by atomic mass is 9.85. The normalized spacial score (nSPS) is 11.9. The predicted molar refractivity (Wildman–Crippen MR) is 156 cm³/mol. The molecule has 0 amide bonds. The molecule has 0 saturated heterocycles. The first-order valence-electron chi connectivity index (χ1n) is 12.5. The van der Waals surface area contributed by atoms with Crippen molar-refractivity contribution in [2.75, 3.05) is 0 Å². The Morgan fingerprint density at radius 2 is 0.694 bits per heavy atom. The number of hydrogen-bond donors (Lipinski definition) is 0. The van der Waals surface area contributed by atoms with E-state index >= 15 is 0 Å². The summed E-state index contributed by atoms with van der Waals surface area (Å²) in [5, 5.41) is 13.0. The van der Waals surface area contributed by atoms with E-state index in [1.54, 1.807) is 0 Å². The molecular weight excluding hydrogens is 432 g/mol. The third-order valence-electron chi connectivity index (χ3n) is 7.74. The molecule has 0 N–H and O–H groups in total. The zero-order valence-electron chi connectivity index (χ0n) is 19.7. The van der Waals surface area contributed by atoms with Gasteiger partial charge in [-0.1, -0.05) is 109 Å². The Bertz CT molecular complexity index is 1940. The van der Waals surface area contributed by atoms with Crippen LogP contribution in [0, 0.1) is 0 Å². The van der Waals surface area contributed by atoms with Gasteiger partial charge in [0.25, 0.3) is 0 Å². The van der Waals surface area contributed by atoms with Crippen LogP contribution in [0.15, 0.2) is 133 Å². The minimum absolute atomic E-state index is 1.27. The molecule has 0 spiro atoms. The van der Waals surface area contributed by atoms with E-state index in [9.17, 15) is 0 Å². The maximum absolute atomic E-state index is 2.39. The van der Waals surface area contributed by atoms with Crippen LogP contribution in [0.1, 0.15) is 0 Å². The van der Waals surface area contributed by atoms with E-state index < -0.39 is 0 Å². The number of benzene rings is 8. The minimum Gasteiger partial charge on any atom is -0.0616 e. The highest BCUT2D eigenvalue weighted by molar-refractivity contribution is 6.29. The quantitative estimate of drug-likeness (QED) is 0.228. The molecule has 0 unspecified atom stereocenters. The molecule has 0 heterocycles. The SMILES string of the molecule is c1ccc2cc(-c3cc4cccc5c(-c6ccc7ccccc7c6)cc6cccc3c6c45)ccc2c1. The van der Waals surface area contributed by atoms with E-state index in [-0.39, 0.29) is 0 Å². The summed E-state index contributed by atoms with van der Waals surface area (Å²) in [5.74, 6) is 0. The Hall–Kier alpha value is -4.68. The van der Waals surface area contributed by atoms with E-state index in [4.69, 9.17) is 0 Å². The summed E-state index contributed by atoms with van der Waals surface area (Å²) in [5.41, 5.74) is 5.12. The highest BCUT2D eigenvalue weighted by atomic mass is 14.2. The Morgan fingerprint density at radius 1 is 0.278 bits per heavy atom. The van der Waals surface area contributed by atoms with E-state index in [1.807, 2.05) is 0 Å². The average molecular weight is 455 g/mol. The first kappa shape index (κ1) is 19.6. The minimum atomic E-state index is 1.27. The number of fused-ring (bicyclic) bond motifs is 2. The molecule has 0 heteroatoms. The molecule has 36 heavy (non-hydrogen) atoms. The van der Waals surface area contributed by atoms with E-state index in [0.29, 0.717) is 0 Å². The lowest BCUT2D eigenvalue weighted by molar-refractivity contribution is 1.68. The fourth-order valence-electron chi connectivity index (χ4n) is 6.05. The first-order valence-corrected chi connectivity index (χ1v) is 12.5. The van der Waals surface area contributed by atoms with Crippen LogP contribution in [0.5, 0.6) is 0 Å². The van der Waals surface area contributed by atoms with E-state index in [0.717, 1.165) is 0 Å². The molecule has 0 aromatic heterocycles. The van der Waals surface area contributed by atoms with Gasteiger partial charge < -0.3 is 0 Å². The molecule has 0 atom stereocenters. The summed E-state index contributed by atoms with van der Waals surface area (Å²) in [6, 6.07) is 49.2. The van der Waals surface area contributed by atoms with Crippen molar-refractivity contribution >= 4 is 53.9 Å². The maximum Gasteiger partial charge on any atom is -0.00201 e. The summed E-state index contributed by atoms with van der Waals surface area (Å²) < 4.78 is 0. The highest BCUT2D eigenvalue weighted by Gasteiger charge is 2.16. The lowest BCUT2D eigenvalue weighted by Gasteiger charge is -2.18. The molecule has 166 valence electrons. The van der Waals surface area contributed by atoms with Crippen LogP contribution < -0.4 is 0 Å². The van der Waals surface area contributed by atoms with Crippen LogP contribution in [-0.2, 0) is 0 Å². The summed E-state index contributed by atoms with van der Waals surface area (Å²) in [6.45, 7) is 0. The average Bonchev–Trinajstić information content (AvgIpc) is 2.95. The van der Waals surface area contributed by atoms with Gasteiger partial charge in [0.15, 0.2) is 0 Å². The second kappa shape index (κ2) is 7.41. The second-order valence-corrected chi connectivity index (χ2v) is 9.78. The summed E-state index contributed by atoms with van der Waals surface area (Å²) >= 11 is 0. The molecule has 0 saturated carbocycles. The topological polar surface area (TPSA) is 0 Å². The summed E-state index contributed by atoms with van der Waals surface area (Å²) in [4.78, 5) is 0. The van der Waals surface area contributed by atoms with Gasteiger partial charge in [0.05, 0.1) is 0 Å². The molecule has 8 aromatic rings. The zero-order chi connectivity index (χ0) is 23.6. The Morgan fingerprint density at radius 3 is 1.17 bits per heavy atom. The van der Waals surface area contributed by atoms with Crippen LogP contribution in [0.2, 0.25) is 0 Å². The monoisotopic (exact) mass is 454 g/mol. The van der Waals surface area contributed by atoms with Crippen molar-refractivity contribution < 1.29 is 0 Å². The largest absolute Gasteiger partial charge is 0.0616 e. The van der Waals surface area contributed by atoms with Gasteiger partial charge in [-0.2, -0.15) is 0 Å². The van der Waals surface area contributed by atoms with Gasteiger partial charge in [-0.3, -0.25) is 0 Å². The van der Waals surface area contributed by atoms with Crippen molar-refractivity contribution in [3.05, 3.63) is 133 Å². The molecule has 0 nitrogen and oxygen atoms in total. The fraction of sp³-hybridized carbons (Fsp3) is 0. The van der Waals surface area contributed by atoms with Crippen molar-refractivity contribution in [3.63, 3.8) is 0 Å². The molecule has 0 fully saturated rings. The van der Waals surface area contributed by atoms with Gasteiger partial charge in [0.2, 0.25) is 0 Å². The van der Waals surface area contributed by atoms with Crippen molar-refractivity contribution in [3.8, 4) is 22.3 Å². The molecule has 0 aliphatic carbocycles. The van der Waals surface area contributed by atoms with Crippen LogP contribution >= 0.6 is 0 Å². The number of hydrogen-bond acceptors (Lipinski definition) is 0. The predicted octanol–water partition coefficient (Wildman–Crippen LogP) is 10.2. The molecular formula is C36H22. The summed E-state index contributed by atoms with van der Waals surface area (Å²) in [7, 11) is 0. The third kappa shape index (κ3) is 2.82. The van der Waals surface area contributed by atoms with Crippen LogP contribution in [0.3, 0.4) is 0 Å². The molecule has 0 aliphatic heterocycles. The summed E-state index contributed by atoms with van der Waals surface area (Å²) in [6.07, 6.45) is 0. The van der Waals surface area contributed by atoms with Gasteiger partial charge in [0.1, 0.15) is 0 Å². The van der Waals surface area contributed by atoms with Crippen molar-refractivity contribution in [1.82, 2.24) is 0 Å². The zero-order valence-corrected chi connectivity index (χ0v) is 19.7.